The van der Waals surface area contributed by atoms with Crippen molar-refractivity contribution in [2.24, 2.45) is 0 Å². The lowest BCUT2D eigenvalue weighted by Crippen LogP contribution is -2.17. The first-order chi connectivity index (χ1) is 13.2. The molecule has 6 heteroatoms. The number of carbonyl (C=O) groups is 1. The fraction of sp³-hybridized carbons (Fsp3) is 0.391. The first-order valence-electron chi connectivity index (χ1n) is 9.40. The fourth-order valence-corrected chi connectivity index (χ4v) is 3.15. The highest BCUT2D eigenvalue weighted by molar-refractivity contribution is 5.86. The minimum absolute atomic E-state index is 0.152. The van der Waals surface area contributed by atoms with Crippen LogP contribution in [0.15, 0.2) is 36.4 Å². The van der Waals surface area contributed by atoms with Gasteiger partial charge < -0.3 is 4.74 Å². The van der Waals surface area contributed by atoms with Gasteiger partial charge in [0, 0.05) is 17.2 Å². The first-order valence-corrected chi connectivity index (χ1v) is 9.40. The summed E-state index contributed by atoms with van der Waals surface area (Å²) in [5.74, 6) is 0.499. The SMILES string of the molecule is CC(C)(C)c1cc2c(c(C(C)(C)C)c1)OC(=O)/[N+]2=C/c1ccc(C(F)(F)F)cc1. The molecule has 0 saturated heterocycles. The van der Waals surface area contributed by atoms with Gasteiger partial charge in [0.2, 0.25) is 5.75 Å². The Morgan fingerprint density at radius 3 is 1.93 bits per heavy atom. The minimum atomic E-state index is -4.40. The number of alkyl halides is 3. The molecule has 3 rings (SSSR count). The van der Waals surface area contributed by atoms with Crippen LogP contribution in [-0.4, -0.2) is 16.9 Å². The van der Waals surface area contributed by atoms with Crippen LogP contribution in [0.5, 0.6) is 5.75 Å². The van der Waals surface area contributed by atoms with Crippen LogP contribution in [0.1, 0.15) is 63.8 Å². The van der Waals surface area contributed by atoms with Crippen LogP contribution in [0.25, 0.3) is 0 Å². The Hall–Kier alpha value is -2.63. The van der Waals surface area contributed by atoms with Crippen molar-refractivity contribution < 1.29 is 27.3 Å². The molecule has 2 aromatic carbocycles. The summed E-state index contributed by atoms with van der Waals surface area (Å²) in [6.45, 7) is 12.4. The molecular formula is C23H25F3NO2+. The maximum absolute atomic E-state index is 12.8. The van der Waals surface area contributed by atoms with Gasteiger partial charge in [-0.1, -0.05) is 52.2 Å². The van der Waals surface area contributed by atoms with Gasteiger partial charge >= 0.3 is 12.3 Å². The molecule has 0 saturated carbocycles. The predicted octanol–water partition coefficient (Wildman–Crippen LogP) is 6.58. The Bertz CT molecular complexity index is 989. The molecule has 0 radical (unpaired) electrons. The molecule has 1 amide bonds. The van der Waals surface area contributed by atoms with Crippen LogP contribution >= 0.6 is 0 Å². The van der Waals surface area contributed by atoms with Crippen molar-refractivity contribution in [3.8, 4) is 5.75 Å². The van der Waals surface area contributed by atoms with Gasteiger partial charge in [0.25, 0.3) is 5.69 Å². The molecule has 0 aliphatic carbocycles. The maximum atomic E-state index is 12.8. The largest absolute Gasteiger partial charge is 0.608 e. The smallest absolute Gasteiger partial charge is 0.365 e. The van der Waals surface area contributed by atoms with Gasteiger partial charge in [0.05, 0.1) is 5.56 Å². The summed E-state index contributed by atoms with van der Waals surface area (Å²) in [7, 11) is 0. The highest BCUT2D eigenvalue weighted by atomic mass is 19.4. The molecular weight excluding hydrogens is 379 g/mol. The van der Waals surface area contributed by atoms with E-state index in [0.29, 0.717) is 17.0 Å². The fourth-order valence-electron chi connectivity index (χ4n) is 3.15. The Morgan fingerprint density at radius 1 is 0.862 bits per heavy atom. The summed E-state index contributed by atoms with van der Waals surface area (Å²) in [6.07, 6.45) is -3.47. The van der Waals surface area contributed by atoms with Gasteiger partial charge in [-0.2, -0.15) is 18.0 Å². The Kier molecular flexibility index (Phi) is 4.88. The summed E-state index contributed by atoms with van der Waals surface area (Å²) in [6, 6.07) is 8.66. The predicted molar refractivity (Wildman–Crippen MR) is 106 cm³/mol. The van der Waals surface area contributed by atoms with Crippen LogP contribution in [-0.2, 0) is 17.0 Å². The second-order valence-corrected chi connectivity index (χ2v) is 9.36. The van der Waals surface area contributed by atoms with E-state index in [4.69, 9.17) is 4.74 Å². The molecule has 0 unspecified atom stereocenters. The molecule has 1 aliphatic rings. The molecule has 0 N–H and O–H groups in total. The van der Waals surface area contributed by atoms with Crippen molar-refractivity contribution in [2.75, 3.05) is 0 Å². The van der Waals surface area contributed by atoms with Crippen molar-refractivity contribution in [3.63, 3.8) is 0 Å². The van der Waals surface area contributed by atoms with Gasteiger partial charge in [-0.15, -0.1) is 0 Å². The number of nitrogens with zero attached hydrogens (tertiary/aromatic N) is 1. The van der Waals surface area contributed by atoms with E-state index in [-0.39, 0.29) is 10.8 Å². The van der Waals surface area contributed by atoms with E-state index in [9.17, 15) is 18.0 Å². The van der Waals surface area contributed by atoms with E-state index in [0.717, 1.165) is 23.3 Å². The third-order valence-corrected chi connectivity index (χ3v) is 4.91. The zero-order valence-corrected chi connectivity index (χ0v) is 17.4. The molecule has 0 bridgehead atoms. The third-order valence-electron chi connectivity index (χ3n) is 4.91. The second kappa shape index (κ2) is 6.71. The summed E-state index contributed by atoms with van der Waals surface area (Å²) in [4.78, 5) is 12.6. The molecule has 1 aliphatic heterocycles. The molecule has 154 valence electrons. The van der Waals surface area contributed by atoms with Crippen LogP contribution in [0, 0.1) is 0 Å². The van der Waals surface area contributed by atoms with Gasteiger partial charge in [-0.05, 0) is 40.7 Å². The number of benzene rings is 2. The topological polar surface area (TPSA) is 29.3 Å². The average molecular weight is 404 g/mol. The number of hydrogen-bond donors (Lipinski definition) is 0. The molecule has 0 atom stereocenters. The lowest BCUT2D eigenvalue weighted by molar-refractivity contribution is -0.328. The number of carbonyl (C=O) groups excluding carboxylic acids is 1. The molecule has 3 nitrogen and oxygen atoms in total. The standard InChI is InChI=1S/C23H25F3NO2/c1-21(2,3)16-11-17(22(4,5)6)19-18(12-16)27(20(28)29-19)13-14-7-9-15(10-8-14)23(24,25)26/h7-13H,1-6H3/q+1/b27-13+. The normalized spacial score (nSPS) is 16.2. The first kappa shape index (κ1) is 21.1. The van der Waals surface area contributed by atoms with E-state index in [1.54, 1.807) is 0 Å². The summed E-state index contributed by atoms with van der Waals surface area (Å²) < 4.78 is 45.3. The van der Waals surface area contributed by atoms with E-state index in [1.165, 1.54) is 22.9 Å². The Morgan fingerprint density at radius 2 is 1.45 bits per heavy atom. The molecule has 29 heavy (non-hydrogen) atoms. The zero-order valence-electron chi connectivity index (χ0n) is 17.4. The van der Waals surface area contributed by atoms with Crippen molar-refractivity contribution in [1.29, 1.82) is 0 Å². The van der Waals surface area contributed by atoms with Gasteiger partial charge in [-0.3, -0.25) is 0 Å². The second-order valence-electron chi connectivity index (χ2n) is 9.36. The van der Waals surface area contributed by atoms with Crippen LogP contribution < -0.4 is 4.74 Å². The van der Waals surface area contributed by atoms with Crippen molar-refractivity contribution in [3.05, 3.63) is 58.7 Å². The number of rotatable bonds is 1. The summed E-state index contributed by atoms with van der Waals surface area (Å²) in [5, 5.41) is 0. The van der Waals surface area contributed by atoms with Gasteiger partial charge in [0.1, 0.15) is 0 Å². The number of amides is 1. The summed E-state index contributed by atoms with van der Waals surface area (Å²) in [5.41, 5.74) is 1.90. The van der Waals surface area contributed by atoms with Gasteiger partial charge in [-0.25, -0.2) is 0 Å². The van der Waals surface area contributed by atoms with Crippen LogP contribution in [0.2, 0.25) is 0 Å². The number of halogens is 3. The summed E-state index contributed by atoms with van der Waals surface area (Å²) >= 11 is 0. The van der Waals surface area contributed by atoms with Gasteiger partial charge in [0.15, 0.2) is 6.21 Å². The van der Waals surface area contributed by atoms with E-state index >= 15 is 0 Å². The Labute approximate surface area is 168 Å². The quantitative estimate of drug-likeness (QED) is 0.503. The average Bonchev–Trinajstić information content (AvgIpc) is 2.87. The van der Waals surface area contributed by atoms with Crippen molar-refractivity contribution in [2.45, 2.75) is 58.5 Å². The van der Waals surface area contributed by atoms with Crippen LogP contribution in [0.4, 0.5) is 23.7 Å². The number of ether oxygens (including phenoxy) is 1. The molecule has 0 spiro atoms. The van der Waals surface area contributed by atoms with Crippen molar-refractivity contribution in [1.82, 2.24) is 0 Å². The Balaban J connectivity index is 2.16. The van der Waals surface area contributed by atoms with E-state index in [2.05, 4.69) is 26.8 Å². The third kappa shape index (κ3) is 4.21. The van der Waals surface area contributed by atoms with E-state index < -0.39 is 17.8 Å². The lowest BCUT2D eigenvalue weighted by Gasteiger charge is -2.25. The lowest BCUT2D eigenvalue weighted by atomic mass is 9.80. The zero-order chi connectivity index (χ0) is 21.8. The molecule has 2 aromatic rings. The molecule has 0 fully saturated rings. The maximum Gasteiger partial charge on any atom is 0.608 e. The molecule has 0 aromatic heterocycles. The van der Waals surface area contributed by atoms with E-state index in [1.807, 2.05) is 26.8 Å². The highest BCUT2D eigenvalue weighted by Crippen LogP contribution is 2.45. The number of fused-ring (bicyclic) bond motifs is 1. The van der Waals surface area contributed by atoms with Crippen molar-refractivity contribution >= 4 is 18.0 Å². The minimum Gasteiger partial charge on any atom is -0.365 e. The highest BCUT2D eigenvalue weighted by Gasteiger charge is 2.42. The van der Waals surface area contributed by atoms with Crippen LogP contribution in [0.3, 0.4) is 0 Å². The molecule has 1 heterocycles. The monoisotopic (exact) mass is 404 g/mol. The number of hydrogen-bond acceptors (Lipinski definition) is 2.